The van der Waals surface area contributed by atoms with Crippen LogP contribution >= 0.6 is 0 Å². The highest BCUT2D eigenvalue weighted by Crippen LogP contribution is 2.38. The van der Waals surface area contributed by atoms with Gasteiger partial charge in [-0.1, -0.05) is 24.3 Å². The smallest absolute Gasteiger partial charge is 0.320 e. The molecule has 0 aromatic heterocycles. The van der Waals surface area contributed by atoms with E-state index in [1.807, 2.05) is 18.2 Å². The Balaban J connectivity index is 2.50. The number of aryl methyl sites for hydroxylation is 1. The molecule has 1 atom stereocenters. The summed E-state index contributed by atoms with van der Waals surface area (Å²) in [5.41, 5.74) is 0.381. The van der Waals surface area contributed by atoms with Gasteiger partial charge in [-0.05, 0) is 31.7 Å². The lowest BCUT2D eigenvalue weighted by atomic mass is 9.75. The summed E-state index contributed by atoms with van der Waals surface area (Å²) in [6.07, 6.45) is 7.48. The first-order chi connectivity index (χ1) is 9.65. The molecule has 104 valence electrons. The van der Waals surface area contributed by atoms with Crippen molar-refractivity contribution in [3.8, 4) is 12.3 Å². The van der Waals surface area contributed by atoms with Gasteiger partial charge in [-0.3, -0.25) is 9.59 Å². The van der Waals surface area contributed by atoms with Gasteiger partial charge in [-0.2, -0.15) is 0 Å². The van der Waals surface area contributed by atoms with Gasteiger partial charge in [0.15, 0.2) is 5.78 Å². The second-order valence-electron chi connectivity index (χ2n) is 5.02. The molecule has 0 aliphatic heterocycles. The Bertz CT molecular complexity index is 568. The van der Waals surface area contributed by atoms with Gasteiger partial charge < -0.3 is 4.74 Å². The fourth-order valence-electron chi connectivity index (χ4n) is 2.79. The average Bonchev–Trinajstić information content (AvgIpc) is 2.59. The Hall–Kier alpha value is -2.08. The summed E-state index contributed by atoms with van der Waals surface area (Å²) in [4.78, 5) is 25.2. The fourth-order valence-corrected chi connectivity index (χ4v) is 2.79. The lowest BCUT2D eigenvalue weighted by Crippen LogP contribution is -2.40. The van der Waals surface area contributed by atoms with Crippen LogP contribution in [-0.2, 0) is 16.0 Å². The highest BCUT2D eigenvalue weighted by molar-refractivity contribution is 6.13. The van der Waals surface area contributed by atoms with E-state index in [9.17, 15) is 9.59 Å². The van der Waals surface area contributed by atoms with Crippen LogP contribution in [0.5, 0.6) is 0 Å². The number of carbonyl (C=O) groups excluding carboxylic acids is 2. The number of carbonyl (C=O) groups is 2. The van der Waals surface area contributed by atoms with Gasteiger partial charge in [0.2, 0.25) is 0 Å². The zero-order valence-corrected chi connectivity index (χ0v) is 11.6. The molecule has 0 bridgehead atoms. The molecule has 0 saturated carbocycles. The molecule has 3 heteroatoms. The molecule has 0 saturated heterocycles. The molecule has 20 heavy (non-hydrogen) atoms. The Morgan fingerprint density at radius 3 is 2.90 bits per heavy atom. The highest BCUT2D eigenvalue weighted by atomic mass is 16.5. The molecule has 1 aliphatic carbocycles. The summed E-state index contributed by atoms with van der Waals surface area (Å²) >= 11 is 0. The SMILES string of the molecule is C#CC[C@]1(C(=O)OCC)CCCc2ccccc2C1=O. The number of terminal acetylenes is 1. The zero-order chi connectivity index (χ0) is 14.6. The third-order valence-electron chi connectivity index (χ3n) is 3.82. The van der Waals surface area contributed by atoms with Gasteiger partial charge in [0.25, 0.3) is 0 Å². The second-order valence-corrected chi connectivity index (χ2v) is 5.02. The number of ketones is 1. The topological polar surface area (TPSA) is 43.4 Å². The maximum Gasteiger partial charge on any atom is 0.320 e. The van der Waals surface area contributed by atoms with Crippen LogP contribution in [0.4, 0.5) is 0 Å². The molecule has 1 aromatic carbocycles. The first-order valence-electron chi connectivity index (χ1n) is 6.89. The quantitative estimate of drug-likeness (QED) is 0.367. The maximum atomic E-state index is 12.9. The van der Waals surface area contributed by atoms with Gasteiger partial charge in [0, 0.05) is 12.0 Å². The molecule has 1 aliphatic rings. The third kappa shape index (κ3) is 2.34. The minimum Gasteiger partial charge on any atom is -0.465 e. The van der Waals surface area contributed by atoms with Gasteiger partial charge >= 0.3 is 5.97 Å². The van der Waals surface area contributed by atoms with Crippen LogP contribution in [-0.4, -0.2) is 18.4 Å². The highest BCUT2D eigenvalue weighted by Gasteiger charge is 2.48. The van der Waals surface area contributed by atoms with Crippen molar-refractivity contribution in [3.05, 3.63) is 35.4 Å². The molecule has 0 fully saturated rings. The standard InChI is InChI=1S/C17H18O3/c1-3-11-17(16(19)20-4-2)12-7-9-13-8-5-6-10-14(13)15(17)18/h1,5-6,8,10H,4,7,9,11-12H2,2H3/t17-/m0/s1. The zero-order valence-electron chi connectivity index (χ0n) is 11.6. The molecule has 3 nitrogen and oxygen atoms in total. The summed E-state index contributed by atoms with van der Waals surface area (Å²) in [5, 5.41) is 0. The van der Waals surface area contributed by atoms with Crippen molar-refractivity contribution < 1.29 is 14.3 Å². The van der Waals surface area contributed by atoms with E-state index in [1.165, 1.54) is 0 Å². The van der Waals surface area contributed by atoms with E-state index >= 15 is 0 Å². The monoisotopic (exact) mass is 270 g/mol. The van der Waals surface area contributed by atoms with Crippen molar-refractivity contribution in [2.24, 2.45) is 5.41 Å². The molecule has 0 unspecified atom stereocenters. The van der Waals surface area contributed by atoms with Crippen molar-refractivity contribution in [1.82, 2.24) is 0 Å². The molecule has 0 radical (unpaired) electrons. The van der Waals surface area contributed by atoms with E-state index < -0.39 is 11.4 Å². The van der Waals surface area contributed by atoms with E-state index in [0.29, 0.717) is 12.0 Å². The van der Waals surface area contributed by atoms with Crippen LogP contribution in [0.1, 0.15) is 42.1 Å². The molecule has 1 aromatic rings. The largest absolute Gasteiger partial charge is 0.465 e. The minimum absolute atomic E-state index is 0.0962. The Labute approximate surface area is 119 Å². The van der Waals surface area contributed by atoms with Crippen molar-refractivity contribution in [1.29, 1.82) is 0 Å². The Morgan fingerprint density at radius 1 is 1.45 bits per heavy atom. The van der Waals surface area contributed by atoms with Gasteiger partial charge in [0.1, 0.15) is 5.41 Å². The van der Waals surface area contributed by atoms with Crippen LogP contribution in [0.25, 0.3) is 0 Å². The summed E-state index contributed by atoms with van der Waals surface area (Å²) < 4.78 is 5.12. The number of hydrogen-bond acceptors (Lipinski definition) is 3. The summed E-state index contributed by atoms with van der Waals surface area (Å²) in [6.45, 7) is 1.98. The number of Topliss-reactive ketones (excluding diaryl/α,β-unsaturated/α-hetero) is 1. The van der Waals surface area contributed by atoms with E-state index in [0.717, 1.165) is 18.4 Å². The number of fused-ring (bicyclic) bond motifs is 1. The van der Waals surface area contributed by atoms with Crippen LogP contribution in [0.15, 0.2) is 24.3 Å². The van der Waals surface area contributed by atoms with Gasteiger partial charge in [-0.25, -0.2) is 0 Å². The van der Waals surface area contributed by atoms with E-state index in [2.05, 4.69) is 5.92 Å². The summed E-state index contributed by atoms with van der Waals surface area (Å²) in [6, 6.07) is 7.43. The third-order valence-corrected chi connectivity index (χ3v) is 3.82. The first-order valence-corrected chi connectivity index (χ1v) is 6.89. The molecule has 0 N–H and O–H groups in total. The maximum absolute atomic E-state index is 12.9. The Morgan fingerprint density at radius 2 is 2.20 bits per heavy atom. The molecule has 0 heterocycles. The van der Waals surface area contributed by atoms with Crippen LogP contribution < -0.4 is 0 Å². The Kier molecular flexibility index (Phi) is 4.24. The number of hydrogen-bond donors (Lipinski definition) is 0. The fraction of sp³-hybridized carbons (Fsp3) is 0.412. The first kappa shape index (κ1) is 14.3. The van der Waals surface area contributed by atoms with E-state index in [-0.39, 0.29) is 18.8 Å². The summed E-state index contributed by atoms with van der Waals surface area (Å²) in [7, 11) is 0. The van der Waals surface area contributed by atoms with Gasteiger partial charge in [0.05, 0.1) is 6.61 Å². The molecular weight excluding hydrogens is 252 g/mol. The molecule has 2 rings (SSSR count). The minimum atomic E-state index is -1.21. The lowest BCUT2D eigenvalue weighted by molar-refractivity contribution is -0.152. The van der Waals surface area contributed by atoms with Crippen molar-refractivity contribution >= 4 is 11.8 Å². The van der Waals surface area contributed by atoms with Crippen LogP contribution in [0, 0.1) is 17.8 Å². The molecule has 0 spiro atoms. The number of esters is 1. The van der Waals surface area contributed by atoms with Crippen molar-refractivity contribution in [2.75, 3.05) is 6.61 Å². The van der Waals surface area contributed by atoms with Crippen LogP contribution in [0.2, 0.25) is 0 Å². The predicted octanol–water partition coefficient (Wildman–Crippen LogP) is 2.78. The molecular formula is C17H18O3. The van der Waals surface area contributed by atoms with Gasteiger partial charge in [-0.15, -0.1) is 12.3 Å². The van der Waals surface area contributed by atoms with Crippen LogP contribution in [0.3, 0.4) is 0 Å². The number of ether oxygens (including phenoxy) is 1. The average molecular weight is 270 g/mol. The normalized spacial score (nSPS) is 21.5. The number of rotatable bonds is 3. The van der Waals surface area contributed by atoms with Crippen molar-refractivity contribution in [2.45, 2.75) is 32.6 Å². The number of benzene rings is 1. The van der Waals surface area contributed by atoms with Crippen molar-refractivity contribution in [3.63, 3.8) is 0 Å². The lowest BCUT2D eigenvalue weighted by Gasteiger charge is -2.26. The predicted molar refractivity (Wildman–Crippen MR) is 76.2 cm³/mol. The second kappa shape index (κ2) is 5.92. The van der Waals surface area contributed by atoms with E-state index in [1.54, 1.807) is 13.0 Å². The summed E-state index contributed by atoms with van der Waals surface area (Å²) in [5.74, 6) is 1.81. The van der Waals surface area contributed by atoms with E-state index in [4.69, 9.17) is 11.2 Å². The molecule has 0 amide bonds.